The van der Waals surface area contributed by atoms with Gasteiger partial charge < -0.3 is 10.1 Å². The quantitative estimate of drug-likeness (QED) is 0.923. The van der Waals surface area contributed by atoms with Crippen molar-refractivity contribution in [2.45, 2.75) is 26.0 Å². The monoisotopic (exact) mass is 301 g/mol. The van der Waals surface area contributed by atoms with Crippen LogP contribution in [0.4, 0.5) is 4.39 Å². The van der Waals surface area contributed by atoms with Crippen molar-refractivity contribution in [2.24, 2.45) is 5.92 Å². The van der Waals surface area contributed by atoms with E-state index < -0.39 is 0 Å². The van der Waals surface area contributed by atoms with Gasteiger partial charge in [-0.1, -0.05) is 12.1 Å². The van der Waals surface area contributed by atoms with Gasteiger partial charge in [-0.25, -0.2) is 4.39 Å². The molecule has 17 heavy (non-hydrogen) atoms. The third kappa shape index (κ3) is 3.27. The van der Waals surface area contributed by atoms with E-state index in [1.165, 1.54) is 6.07 Å². The molecule has 0 bridgehead atoms. The maximum Gasteiger partial charge on any atom is 0.137 e. The summed E-state index contributed by atoms with van der Waals surface area (Å²) in [5.74, 6) is 0.365. The Morgan fingerprint density at radius 1 is 1.53 bits per heavy atom. The van der Waals surface area contributed by atoms with Gasteiger partial charge in [0.25, 0.3) is 0 Å². The summed E-state index contributed by atoms with van der Waals surface area (Å²) in [6.07, 6.45) is 1.44. The van der Waals surface area contributed by atoms with Crippen molar-refractivity contribution in [1.29, 1.82) is 0 Å². The largest absolute Gasteiger partial charge is 0.378 e. The van der Waals surface area contributed by atoms with Gasteiger partial charge in [-0.2, -0.15) is 0 Å². The summed E-state index contributed by atoms with van der Waals surface area (Å²) in [7, 11) is 0. The number of hydrogen-bond donors (Lipinski definition) is 1. The zero-order valence-electron chi connectivity index (χ0n) is 9.88. The SMILES string of the molecule is CC1OCCC1CNCc1cccc(F)c1Br. The van der Waals surface area contributed by atoms with Crippen molar-refractivity contribution in [3.05, 3.63) is 34.1 Å². The zero-order valence-corrected chi connectivity index (χ0v) is 11.5. The van der Waals surface area contributed by atoms with Gasteiger partial charge in [0.05, 0.1) is 10.6 Å². The van der Waals surface area contributed by atoms with Gasteiger partial charge in [-0.05, 0) is 46.8 Å². The molecule has 0 aliphatic carbocycles. The van der Waals surface area contributed by atoms with Crippen molar-refractivity contribution in [3.63, 3.8) is 0 Å². The minimum Gasteiger partial charge on any atom is -0.378 e. The van der Waals surface area contributed by atoms with E-state index in [2.05, 4.69) is 28.2 Å². The smallest absolute Gasteiger partial charge is 0.137 e. The summed E-state index contributed by atoms with van der Waals surface area (Å²) in [6, 6.07) is 5.12. The highest BCUT2D eigenvalue weighted by Gasteiger charge is 2.23. The Balaban J connectivity index is 1.84. The molecule has 94 valence electrons. The highest BCUT2D eigenvalue weighted by atomic mass is 79.9. The lowest BCUT2D eigenvalue weighted by Gasteiger charge is -2.15. The number of ether oxygens (including phenoxy) is 1. The minimum atomic E-state index is -0.207. The molecule has 2 unspecified atom stereocenters. The van der Waals surface area contributed by atoms with Crippen LogP contribution in [-0.4, -0.2) is 19.3 Å². The van der Waals surface area contributed by atoms with Gasteiger partial charge in [0.15, 0.2) is 0 Å². The van der Waals surface area contributed by atoms with Gasteiger partial charge in [0, 0.05) is 19.7 Å². The van der Waals surface area contributed by atoms with Gasteiger partial charge in [0.2, 0.25) is 0 Å². The fourth-order valence-corrected chi connectivity index (χ4v) is 2.53. The van der Waals surface area contributed by atoms with Crippen molar-refractivity contribution < 1.29 is 9.13 Å². The van der Waals surface area contributed by atoms with Crippen molar-refractivity contribution >= 4 is 15.9 Å². The Hall–Kier alpha value is -0.450. The van der Waals surface area contributed by atoms with Crippen molar-refractivity contribution in [2.75, 3.05) is 13.2 Å². The normalized spacial score (nSPS) is 24.2. The van der Waals surface area contributed by atoms with Crippen LogP contribution < -0.4 is 5.32 Å². The lowest BCUT2D eigenvalue weighted by Crippen LogP contribution is -2.26. The number of benzene rings is 1. The van der Waals surface area contributed by atoms with Crippen LogP contribution >= 0.6 is 15.9 Å². The van der Waals surface area contributed by atoms with E-state index in [9.17, 15) is 4.39 Å². The van der Waals surface area contributed by atoms with Crippen LogP contribution in [0.2, 0.25) is 0 Å². The summed E-state index contributed by atoms with van der Waals surface area (Å²) in [6.45, 7) is 4.57. The molecule has 4 heteroatoms. The molecule has 1 saturated heterocycles. The van der Waals surface area contributed by atoms with Crippen LogP contribution in [0.3, 0.4) is 0 Å². The maximum atomic E-state index is 13.3. The number of rotatable bonds is 4. The molecular formula is C13H17BrFNO. The number of hydrogen-bond acceptors (Lipinski definition) is 2. The first-order valence-electron chi connectivity index (χ1n) is 5.93. The van der Waals surface area contributed by atoms with Gasteiger partial charge in [0.1, 0.15) is 5.82 Å². The highest BCUT2D eigenvalue weighted by Crippen LogP contribution is 2.21. The first-order chi connectivity index (χ1) is 8.18. The molecule has 2 rings (SSSR count). The lowest BCUT2D eigenvalue weighted by molar-refractivity contribution is 0.105. The predicted octanol–water partition coefficient (Wildman–Crippen LogP) is 3.10. The van der Waals surface area contributed by atoms with Crippen molar-refractivity contribution in [3.8, 4) is 0 Å². The summed E-state index contributed by atoms with van der Waals surface area (Å²) in [4.78, 5) is 0. The van der Waals surface area contributed by atoms with E-state index >= 15 is 0 Å². The van der Waals surface area contributed by atoms with E-state index in [1.807, 2.05) is 6.07 Å². The van der Waals surface area contributed by atoms with Crippen LogP contribution in [0, 0.1) is 11.7 Å². The molecule has 0 aromatic heterocycles. The minimum absolute atomic E-state index is 0.207. The Morgan fingerprint density at radius 2 is 2.35 bits per heavy atom. The Bertz CT molecular complexity index is 386. The van der Waals surface area contributed by atoms with E-state index in [0.29, 0.717) is 23.0 Å². The van der Waals surface area contributed by atoms with Gasteiger partial charge in [-0.15, -0.1) is 0 Å². The van der Waals surface area contributed by atoms with E-state index in [4.69, 9.17) is 4.74 Å². The van der Waals surface area contributed by atoms with Crippen molar-refractivity contribution in [1.82, 2.24) is 5.32 Å². The van der Waals surface area contributed by atoms with Crippen LogP contribution in [0.1, 0.15) is 18.9 Å². The van der Waals surface area contributed by atoms with Gasteiger partial charge >= 0.3 is 0 Å². The second-order valence-corrected chi connectivity index (χ2v) is 5.26. The number of halogens is 2. The Kier molecular flexibility index (Phi) is 4.54. The predicted molar refractivity (Wildman–Crippen MR) is 69.3 cm³/mol. The molecule has 1 aromatic rings. The second-order valence-electron chi connectivity index (χ2n) is 4.47. The Morgan fingerprint density at radius 3 is 3.06 bits per heavy atom. The molecule has 1 aliphatic rings. The fourth-order valence-electron chi connectivity index (χ4n) is 2.12. The van der Waals surface area contributed by atoms with Crippen LogP contribution in [-0.2, 0) is 11.3 Å². The standard InChI is InChI=1S/C13H17BrFNO/c1-9-10(5-6-17-9)7-16-8-11-3-2-4-12(15)13(11)14/h2-4,9-10,16H,5-8H2,1H3. The topological polar surface area (TPSA) is 21.3 Å². The zero-order chi connectivity index (χ0) is 12.3. The van der Waals surface area contributed by atoms with Crippen LogP contribution in [0.15, 0.2) is 22.7 Å². The lowest BCUT2D eigenvalue weighted by atomic mass is 10.0. The van der Waals surface area contributed by atoms with Crippen LogP contribution in [0.25, 0.3) is 0 Å². The highest BCUT2D eigenvalue weighted by molar-refractivity contribution is 9.10. The molecule has 1 aromatic carbocycles. The molecular weight excluding hydrogens is 285 g/mol. The second kappa shape index (κ2) is 5.94. The molecule has 1 N–H and O–H groups in total. The fraction of sp³-hybridized carbons (Fsp3) is 0.538. The third-order valence-electron chi connectivity index (χ3n) is 3.29. The average molecular weight is 302 g/mol. The average Bonchev–Trinajstić information content (AvgIpc) is 2.71. The summed E-state index contributed by atoms with van der Waals surface area (Å²) >= 11 is 3.27. The van der Waals surface area contributed by atoms with E-state index in [1.54, 1.807) is 6.07 Å². The molecule has 0 radical (unpaired) electrons. The summed E-state index contributed by atoms with van der Waals surface area (Å²) < 4.78 is 19.3. The van der Waals surface area contributed by atoms with E-state index in [0.717, 1.165) is 25.1 Å². The molecule has 0 amide bonds. The summed E-state index contributed by atoms with van der Waals surface area (Å²) in [5, 5.41) is 3.37. The first kappa shape index (κ1) is 13.0. The molecule has 0 spiro atoms. The molecule has 1 fully saturated rings. The molecule has 2 atom stereocenters. The van der Waals surface area contributed by atoms with Gasteiger partial charge in [-0.3, -0.25) is 0 Å². The summed E-state index contributed by atoms with van der Waals surface area (Å²) in [5.41, 5.74) is 0.955. The molecule has 2 nitrogen and oxygen atoms in total. The maximum absolute atomic E-state index is 13.3. The first-order valence-corrected chi connectivity index (χ1v) is 6.73. The third-order valence-corrected chi connectivity index (χ3v) is 4.17. The Labute approximate surface area is 110 Å². The molecule has 1 heterocycles. The molecule has 1 aliphatic heterocycles. The number of nitrogens with one attached hydrogen (secondary N) is 1. The molecule has 0 saturated carbocycles. The van der Waals surface area contributed by atoms with Crippen LogP contribution in [0.5, 0.6) is 0 Å². The van der Waals surface area contributed by atoms with E-state index in [-0.39, 0.29) is 5.82 Å².